The molecule has 0 aromatic heterocycles. The van der Waals surface area contributed by atoms with Gasteiger partial charge in [-0.25, -0.2) is 0 Å². The molecule has 4 heteroatoms. The molecule has 0 bridgehead atoms. The van der Waals surface area contributed by atoms with Gasteiger partial charge in [-0.2, -0.15) is 0 Å². The number of methoxy groups -OCH3 is 1. The highest BCUT2D eigenvalue weighted by atomic mass is 16.5. The number of hydrogen-bond acceptors (Lipinski definition) is 4. The van der Waals surface area contributed by atoms with Gasteiger partial charge in [0, 0.05) is 5.56 Å². The summed E-state index contributed by atoms with van der Waals surface area (Å²) in [4.78, 5) is 0. The van der Waals surface area contributed by atoms with Gasteiger partial charge in [0.1, 0.15) is 18.1 Å². The Morgan fingerprint density at radius 1 is 1.33 bits per heavy atom. The first-order valence-corrected chi connectivity index (χ1v) is 6.06. The van der Waals surface area contributed by atoms with E-state index in [0.717, 1.165) is 17.1 Å². The van der Waals surface area contributed by atoms with Crippen molar-refractivity contribution in [3.63, 3.8) is 0 Å². The van der Waals surface area contributed by atoms with Gasteiger partial charge in [0.25, 0.3) is 0 Å². The molecule has 3 N–H and O–H groups in total. The lowest BCUT2D eigenvalue weighted by atomic mass is 9.86. The smallest absolute Gasteiger partial charge is 0.123 e. The highest BCUT2D eigenvalue weighted by Gasteiger charge is 2.20. The lowest BCUT2D eigenvalue weighted by Gasteiger charge is -2.24. The molecule has 1 aromatic carbocycles. The number of benzene rings is 1. The Morgan fingerprint density at radius 3 is 2.50 bits per heavy atom. The second kappa shape index (κ2) is 6.07. The van der Waals surface area contributed by atoms with Crippen molar-refractivity contribution in [2.45, 2.75) is 32.2 Å². The summed E-state index contributed by atoms with van der Waals surface area (Å²) in [5, 5.41) is 8.90. The summed E-state index contributed by atoms with van der Waals surface area (Å²) in [6.45, 7) is 6.55. The number of hydrogen-bond donors (Lipinski definition) is 2. The van der Waals surface area contributed by atoms with E-state index >= 15 is 0 Å². The quantitative estimate of drug-likeness (QED) is 0.838. The predicted octanol–water partition coefficient (Wildman–Crippen LogP) is 1.69. The Balaban J connectivity index is 2.96. The van der Waals surface area contributed by atoms with Gasteiger partial charge in [0.15, 0.2) is 0 Å². The van der Waals surface area contributed by atoms with E-state index in [-0.39, 0.29) is 18.1 Å². The van der Waals surface area contributed by atoms with Crippen LogP contribution < -0.4 is 15.2 Å². The van der Waals surface area contributed by atoms with Gasteiger partial charge >= 0.3 is 0 Å². The van der Waals surface area contributed by atoms with E-state index in [1.54, 1.807) is 7.11 Å². The van der Waals surface area contributed by atoms with Gasteiger partial charge in [-0.05, 0) is 23.6 Å². The molecule has 0 spiro atoms. The van der Waals surface area contributed by atoms with Crippen LogP contribution in [0, 0.1) is 0 Å². The minimum atomic E-state index is -0.361. The van der Waals surface area contributed by atoms with Crippen molar-refractivity contribution in [1.82, 2.24) is 0 Å². The van der Waals surface area contributed by atoms with Crippen molar-refractivity contribution in [2.24, 2.45) is 5.73 Å². The van der Waals surface area contributed by atoms with E-state index in [1.165, 1.54) is 0 Å². The summed E-state index contributed by atoms with van der Waals surface area (Å²) in [7, 11) is 1.64. The SMILES string of the molecule is COc1ccc(OCC(N)CO)c(C(C)(C)C)c1. The third-order valence-corrected chi connectivity index (χ3v) is 2.68. The third-order valence-electron chi connectivity index (χ3n) is 2.68. The average Bonchev–Trinajstić information content (AvgIpc) is 2.34. The normalized spacial score (nSPS) is 13.2. The molecular weight excluding hydrogens is 230 g/mol. The molecular formula is C14H23NO3. The third kappa shape index (κ3) is 3.89. The molecule has 4 nitrogen and oxygen atoms in total. The van der Waals surface area contributed by atoms with Crippen molar-refractivity contribution in [3.8, 4) is 11.5 Å². The Kier molecular flexibility index (Phi) is 4.99. The molecule has 18 heavy (non-hydrogen) atoms. The summed E-state index contributed by atoms with van der Waals surface area (Å²) in [6.07, 6.45) is 0. The van der Waals surface area contributed by atoms with Crippen LogP contribution in [0.4, 0.5) is 0 Å². The minimum absolute atomic E-state index is 0.0484. The Bertz CT molecular complexity index is 385. The minimum Gasteiger partial charge on any atom is -0.497 e. The Labute approximate surface area is 109 Å². The van der Waals surface area contributed by atoms with Crippen molar-refractivity contribution < 1.29 is 14.6 Å². The maximum absolute atomic E-state index is 8.90. The number of rotatable bonds is 5. The Hall–Kier alpha value is -1.26. The second-order valence-electron chi connectivity index (χ2n) is 5.37. The van der Waals surface area contributed by atoms with Crippen LogP contribution in [0.1, 0.15) is 26.3 Å². The zero-order chi connectivity index (χ0) is 13.8. The number of nitrogens with two attached hydrogens (primary N) is 1. The summed E-state index contributed by atoms with van der Waals surface area (Å²) in [5.41, 5.74) is 6.65. The van der Waals surface area contributed by atoms with Crippen LogP contribution in [-0.4, -0.2) is 31.5 Å². The fourth-order valence-electron chi connectivity index (χ4n) is 1.60. The lowest BCUT2D eigenvalue weighted by molar-refractivity contribution is 0.204. The van der Waals surface area contributed by atoms with Crippen molar-refractivity contribution in [2.75, 3.05) is 20.3 Å². The van der Waals surface area contributed by atoms with Gasteiger partial charge in [0.2, 0.25) is 0 Å². The van der Waals surface area contributed by atoms with Crippen LogP contribution in [0.2, 0.25) is 0 Å². The molecule has 0 aliphatic rings. The van der Waals surface area contributed by atoms with Crippen LogP contribution in [0.15, 0.2) is 18.2 Å². The molecule has 0 heterocycles. The maximum Gasteiger partial charge on any atom is 0.123 e. The summed E-state index contributed by atoms with van der Waals surface area (Å²) >= 11 is 0. The first-order chi connectivity index (χ1) is 8.38. The Morgan fingerprint density at radius 2 is 2.00 bits per heavy atom. The first-order valence-electron chi connectivity index (χ1n) is 6.06. The van der Waals surface area contributed by atoms with Crippen LogP contribution in [0.3, 0.4) is 0 Å². The van der Waals surface area contributed by atoms with Crippen molar-refractivity contribution in [1.29, 1.82) is 0 Å². The van der Waals surface area contributed by atoms with E-state index < -0.39 is 0 Å². The zero-order valence-corrected chi connectivity index (χ0v) is 11.6. The zero-order valence-electron chi connectivity index (χ0n) is 11.6. The molecule has 0 aliphatic heterocycles. The first kappa shape index (κ1) is 14.8. The van der Waals surface area contributed by atoms with E-state index in [9.17, 15) is 0 Å². The largest absolute Gasteiger partial charge is 0.497 e. The van der Waals surface area contributed by atoms with Crippen LogP contribution in [0.5, 0.6) is 11.5 Å². The number of aliphatic hydroxyl groups is 1. The van der Waals surface area contributed by atoms with E-state index in [1.807, 2.05) is 18.2 Å². The fraction of sp³-hybridized carbons (Fsp3) is 0.571. The standard InChI is InChI=1S/C14H23NO3/c1-14(2,3)12-7-11(17-4)5-6-13(12)18-9-10(15)8-16/h5-7,10,16H,8-9,15H2,1-4H3. The highest BCUT2D eigenvalue weighted by Crippen LogP contribution is 2.34. The van der Waals surface area contributed by atoms with E-state index in [0.29, 0.717) is 6.61 Å². The van der Waals surface area contributed by atoms with Gasteiger partial charge in [-0.1, -0.05) is 20.8 Å². The van der Waals surface area contributed by atoms with Crippen molar-refractivity contribution >= 4 is 0 Å². The molecule has 1 atom stereocenters. The van der Waals surface area contributed by atoms with Crippen LogP contribution in [-0.2, 0) is 5.41 Å². The van der Waals surface area contributed by atoms with Crippen molar-refractivity contribution in [3.05, 3.63) is 23.8 Å². The molecule has 1 unspecified atom stereocenters. The van der Waals surface area contributed by atoms with Crippen LogP contribution >= 0.6 is 0 Å². The van der Waals surface area contributed by atoms with Crippen LogP contribution in [0.25, 0.3) is 0 Å². The summed E-state index contributed by atoms with van der Waals surface area (Å²) in [6, 6.07) is 5.35. The van der Waals surface area contributed by atoms with Gasteiger partial charge < -0.3 is 20.3 Å². The number of ether oxygens (including phenoxy) is 2. The summed E-state index contributed by atoms with van der Waals surface area (Å²) in [5.74, 6) is 1.59. The maximum atomic E-state index is 8.90. The molecule has 102 valence electrons. The van der Waals surface area contributed by atoms with E-state index in [2.05, 4.69) is 20.8 Å². The topological polar surface area (TPSA) is 64.7 Å². The monoisotopic (exact) mass is 253 g/mol. The van der Waals surface area contributed by atoms with E-state index in [4.69, 9.17) is 20.3 Å². The number of aliphatic hydroxyl groups excluding tert-OH is 1. The van der Waals surface area contributed by atoms with Gasteiger partial charge in [0.05, 0.1) is 19.8 Å². The predicted molar refractivity (Wildman–Crippen MR) is 72.3 cm³/mol. The lowest BCUT2D eigenvalue weighted by Crippen LogP contribution is -2.31. The summed E-state index contributed by atoms with van der Waals surface area (Å²) < 4.78 is 10.9. The molecule has 0 radical (unpaired) electrons. The highest BCUT2D eigenvalue weighted by molar-refractivity contribution is 5.44. The molecule has 1 rings (SSSR count). The van der Waals surface area contributed by atoms with Gasteiger partial charge in [-0.3, -0.25) is 0 Å². The molecule has 0 aliphatic carbocycles. The molecule has 0 amide bonds. The molecule has 0 saturated carbocycles. The molecule has 0 saturated heterocycles. The van der Waals surface area contributed by atoms with Gasteiger partial charge in [-0.15, -0.1) is 0 Å². The fourth-order valence-corrected chi connectivity index (χ4v) is 1.60. The molecule has 1 aromatic rings. The average molecular weight is 253 g/mol. The molecule has 0 fully saturated rings. The second-order valence-corrected chi connectivity index (χ2v) is 5.37.